The van der Waals surface area contributed by atoms with Gasteiger partial charge < -0.3 is 15.6 Å². The molecule has 1 aromatic carbocycles. The van der Waals surface area contributed by atoms with Gasteiger partial charge in [0.15, 0.2) is 5.65 Å². The Morgan fingerprint density at radius 3 is 2.48 bits per heavy atom. The Morgan fingerprint density at radius 1 is 1.19 bits per heavy atom. The van der Waals surface area contributed by atoms with E-state index in [-0.39, 0.29) is 24.3 Å². The number of benzene rings is 1. The third-order valence-electron chi connectivity index (χ3n) is 4.73. The summed E-state index contributed by atoms with van der Waals surface area (Å²) in [6, 6.07) is 7.32. The fourth-order valence-electron chi connectivity index (χ4n) is 3.43. The average molecular weight is 378 g/mol. The van der Waals surface area contributed by atoms with Gasteiger partial charge in [-0.15, -0.1) is 13.2 Å². The van der Waals surface area contributed by atoms with Crippen molar-refractivity contribution < 1.29 is 23.0 Å². The van der Waals surface area contributed by atoms with Crippen LogP contribution in [-0.4, -0.2) is 32.3 Å². The standard InChI is InChI=1S/C18H17F3N4O2/c19-18(20,21)27-13-3-1-11(2-4-13)25-17-16(15(9-22)24-25)14(5-6-23-17)10-7-12(26)8-10/h1-6,10,12,26H,7-9,22H2/t10-,12-. The lowest BCUT2D eigenvalue weighted by Crippen LogP contribution is -2.26. The molecular formula is C18H17F3N4O2. The summed E-state index contributed by atoms with van der Waals surface area (Å²) in [7, 11) is 0. The van der Waals surface area contributed by atoms with Gasteiger partial charge in [-0.25, -0.2) is 9.67 Å². The molecule has 3 N–H and O–H groups in total. The maximum Gasteiger partial charge on any atom is 0.573 e. The van der Waals surface area contributed by atoms with Gasteiger partial charge in [0.2, 0.25) is 0 Å². The van der Waals surface area contributed by atoms with Gasteiger partial charge in [-0.3, -0.25) is 0 Å². The van der Waals surface area contributed by atoms with E-state index in [1.54, 1.807) is 10.9 Å². The number of aromatic nitrogens is 3. The van der Waals surface area contributed by atoms with Crippen molar-refractivity contribution in [2.45, 2.75) is 37.8 Å². The van der Waals surface area contributed by atoms with Crippen molar-refractivity contribution in [3.8, 4) is 11.4 Å². The topological polar surface area (TPSA) is 86.2 Å². The predicted molar refractivity (Wildman–Crippen MR) is 91.4 cm³/mol. The molecule has 0 saturated heterocycles. The maximum atomic E-state index is 12.3. The number of hydrogen-bond acceptors (Lipinski definition) is 5. The van der Waals surface area contributed by atoms with Gasteiger partial charge in [-0.2, -0.15) is 5.10 Å². The first kappa shape index (κ1) is 17.7. The Bertz CT molecular complexity index is 963. The number of pyridine rings is 1. The van der Waals surface area contributed by atoms with Crippen molar-refractivity contribution in [1.29, 1.82) is 0 Å². The highest BCUT2D eigenvalue weighted by molar-refractivity contribution is 5.84. The van der Waals surface area contributed by atoms with Gasteiger partial charge in [0.05, 0.1) is 17.5 Å². The first-order valence-corrected chi connectivity index (χ1v) is 8.46. The summed E-state index contributed by atoms with van der Waals surface area (Å²) in [6.07, 6.45) is -2.01. The maximum absolute atomic E-state index is 12.3. The van der Waals surface area contributed by atoms with E-state index in [0.717, 1.165) is 10.9 Å². The van der Waals surface area contributed by atoms with Crippen molar-refractivity contribution >= 4 is 11.0 Å². The summed E-state index contributed by atoms with van der Waals surface area (Å²) in [4.78, 5) is 4.40. The lowest BCUT2D eigenvalue weighted by molar-refractivity contribution is -0.274. The summed E-state index contributed by atoms with van der Waals surface area (Å²) in [5.74, 6) is -0.0881. The molecule has 4 rings (SSSR count). The number of aliphatic hydroxyl groups excluding tert-OH is 1. The van der Waals surface area contributed by atoms with Crippen molar-refractivity contribution in [3.05, 3.63) is 47.8 Å². The smallest absolute Gasteiger partial charge is 0.406 e. The molecule has 27 heavy (non-hydrogen) atoms. The van der Waals surface area contributed by atoms with Crippen LogP contribution in [0.25, 0.3) is 16.7 Å². The lowest BCUT2D eigenvalue weighted by Gasteiger charge is -2.32. The van der Waals surface area contributed by atoms with Gasteiger partial charge in [0.1, 0.15) is 5.75 Å². The second-order valence-electron chi connectivity index (χ2n) is 6.53. The van der Waals surface area contributed by atoms with Gasteiger partial charge in [0, 0.05) is 18.1 Å². The minimum atomic E-state index is -4.74. The Hall–Kier alpha value is -2.65. The van der Waals surface area contributed by atoms with E-state index >= 15 is 0 Å². The van der Waals surface area contributed by atoms with Crippen molar-refractivity contribution in [1.82, 2.24) is 14.8 Å². The van der Waals surface area contributed by atoms with Crippen molar-refractivity contribution in [2.75, 3.05) is 0 Å². The number of ether oxygens (including phenoxy) is 1. The molecule has 0 aliphatic heterocycles. The normalized spacial score (nSPS) is 19.9. The fraction of sp³-hybridized carbons (Fsp3) is 0.333. The molecule has 0 radical (unpaired) electrons. The van der Waals surface area contributed by atoms with Gasteiger partial charge >= 0.3 is 6.36 Å². The van der Waals surface area contributed by atoms with Crippen molar-refractivity contribution in [2.24, 2.45) is 5.73 Å². The summed E-state index contributed by atoms with van der Waals surface area (Å²) in [5, 5.41) is 15.0. The first-order chi connectivity index (χ1) is 12.9. The molecule has 1 aliphatic rings. The zero-order valence-corrected chi connectivity index (χ0v) is 14.1. The Morgan fingerprint density at radius 2 is 1.89 bits per heavy atom. The SMILES string of the molecule is NCc1nn(-c2ccc(OC(F)(F)F)cc2)c2nccc([C@H]3C[C@H](O)C3)c12. The van der Waals surface area contributed by atoms with E-state index in [9.17, 15) is 18.3 Å². The van der Waals surface area contributed by atoms with Crippen LogP contribution in [-0.2, 0) is 6.54 Å². The molecule has 142 valence electrons. The van der Waals surface area contributed by atoms with Gasteiger partial charge in [-0.05, 0) is 54.7 Å². The fourth-order valence-corrected chi connectivity index (χ4v) is 3.43. The molecule has 0 bridgehead atoms. The van der Waals surface area contributed by atoms with E-state index in [1.807, 2.05) is 6.07 Å². The van der Waals surface area contributed by atoms with Crippen LogP contribution in [0.2, 0.25) is 0 Å². The number of nitrogens with two attached hydrogens (primary N) is 1. The van der Waals surface area contributed by atoms with E-state index in [0.29, 0.717) is 29.9 Å². The van der Waals surface area contributed by atoms with Crippen LogP contribution >= 0.6 is 0 Å². The zero-order chi connectivity index (χ0) is 19.2. The number of alkyl halides is 3. The number of halogens is 3. The minimum absolute atomic E-state index is 0.201. The second kappa shape index (κ2) is 6.50. The van der Waals surface area contributed by atoms with Crippen LogP contribution in [0.3, 0.4) is 0 Å². The third kappa shape index (κ3) is 3.35. The highest BCUT2D eigenvalue weighted by Gasteiger charge is 2.32. The van der Waals surface area contributed by atoms with Crippen molar-refractivity contribution in [3.63, 3.8) is 0 Å². The van der Waals surface area contributed by atoms with Gasteiger partial charge in [-0.1, -0.05) is 0 Å². The average Bonchev–Trinajstić information content (AvgIpc) is 2.97. The summed E-state index contributed by atoms with van der Waals surface area (Å²) in [6.45, 7) is 0.201. The van der Waals surface area contributed by atoms with Crippen LogP contribution in [0.4, 0.5) is 13.2 Å². The van der Waals surface area contributed by atoms with E-state index in [4.69, 9.17) is 5.73 Å². The molecule has 6 nitrogen and oxygen atoms in total. The Kier molecular flexibility index (Phi) is 4.27. The zero-order valence-electron chi connectivity index (χ0n) is 14.1. The largest absolute Gasteiger partial charge is 0.573 e. The summed E-state index contributed by atoms with van der Waals surface area (Å²) < 4.78 is 42.4. The Balaban J connectivity index is 1.75. The highest BCUT2D eigenvalue weighted by atomic mass is 19.4. The Labute approximate surface area is 152 Å². The van der Waals surface area contributed by atoms with E-state index in [1.165, 1.54) is 24.3 Å². The molecule has 1 fully saturated rings. The molecular weight excluding hydrogens is 361 g/mol. The highest BCUT2D eigenvalue weighted by Crippen LogP contribution is 2.40. The van der Waals surface area contributed by atoms with Gasteiger partial charge in [0.25, 0.3) is 0 Å². The van der Waals surface area contributed by atoms with Crippen LogP contribution in [0, 0.1) is 0 Å². The number of aliphatic hydroxyl groups is 1. The molecule has 0 amide bonds. The van der Waals surface area contributed by atoms with E-state index < -0.39 is 6.36 Å². The third-order valence-corrected chi connectivity index (χ3v) is 4.73. The second-order valence-corrected chi connectivity index (χ2v) is 6.53. The molecule has 0 spiro atoms. The van der Waals surface area contributed by atoms with Crippen LogP contribution < -0.4 is 10.5 Å². The molecule has 0 atom stereocenters. The first-order valence-electron chi connectivity index (χ1n) is 8.46. The molecule has 2 aromatic heterocycles. The van der Waals surface area contributed by atoms with E-state index in [2.05, 4.69) is 14.8 Å². The number of hydrogen-bond donors (Lipinski definition) is 2. The molecule has 1 aliphatic carbocycles. The molecule has 9 heteroatoms. The molecule has 2 heterocycles. The number of nitrogens with zero attached hydrogens (tertiary/aromatic N) is 3. The number of fused-ring (bicyclic) bond motifs is 1. The summed E-state index contributed by atoms with van der Waals surface area (Å²) in [5.41, 5.74) is 8.68. The quantitative estimate of drug-likeness (QED) is 0.729. The monoisotopic (exact) mass is 378 g/mol. The molecule has 1 saturated carbocycles. The minimum Gasteiger partial charge on any atom is -0.406 e. The van der Waals surface area contributed by atoms with Crippen LogP contribution in [0.15, 0.2) is 36.5 Å². The lowest BCUT2D eigenvalue weighted by atomic mass is 9.77. The van der Waals surface area contributed by atoms with Crippen LogP contribution in [0.1, 0.15) is 30.0 Å². The summed E-state index contributed by atoms with van der Waals surface area (Å²) >= 11 is 0. The van der Waals surface area contributed by atoms with Crippen LogP contribution in [0.5, 0.6) is 5.75 Å². The molecule has 0 unspecified atom stereocenters. The molecule has 3 aromatic rings. The number of rotatable bonds is 4. The predicted octanol–water partition coefficient (Wildman–Crippen LogP) is 3.02.